The highest BCUT2D eigenvalue weighted by Crippen LogP contribution is 2.10. The highest BCUT2D eigenvalue weighted by molar-refractivity contribution is 14.1. The summed E-state index contributed by atoms with van der Waals surface area (Å²) in [6.07, 6.45) is 0. The second-order valence-corrected chi connectivity index (χ2v) is 3.74. The van der Waals surface area contributed by atoms with E-state index in [1.54, 1.807) is 31.2 Å². The summed E-state index contributed by atoms with van der Waals surface area (Å²) >= 11 is 1.98. The highest BCUT2D eigenvalue weighted by Gasteiger charge is 2.06. The minimum absolute atomic E-state index is 0.0653. The normalized spacial score (nSPS) is 9.62. The first kappa shape index (κ1) is 13.0. The SMILES string of the molecule is CCOC(=O)c1ccc(NC(=O)CI)cc1. The molecule has 0 radical (unpaired) electrons. The molecule has 0 bridgehead atoms. The maximum atomic E-state index is 11.3. The third kappa shape index (κ3) is 3.80. The third-order valence-corrected chi connectivity index (χ3v) is 2.49. The molecule has 0 aliphatic heterocycles. The molecule has 0 aliphatic carbocycles. The third-order valence-electron chi connectivity index (χ3n) is 1.80. The molecule has 0 fully saturated rings. The number of carbonyl (C=O) groups is 2. The first-order chi connectivity index (χ1) is 7.67. The van der Waals surface area contributed by atoms with E-state index < -0.39 is 0 Å². The summed E-state index contributed by atoms with van der Waals surface area (Å²) in [4.78, 5) is 22.4. The van der Waals surface area contributed by atoms with Crippen molar-refractivity contribution in [3.8, 4) is 0 Å². The Hall–Kier alpha value is -1.11. The smallest absolute Gasteiger partial charge is 0.338 e. The fraction of sp³-hybridized carbons (Fsp3) is 0.273. The van der Waals surface area contributed by atoms with Crippen LogP contribution >= 0.6 is 22.6 Å². The van der Waals surface area contributed by atoms with Gasteiger partial charge in [0.25, 0.3) is 0 Å². The molecule has 0 spiro atoms. The topological polar surface area (TPSA) is 55.4 Å². The summed E-state index contributed by atoms with van der Waals surface area (Å²) < 4.78 is 5.24. The van der Waals surface area contributed by atoms with Gasteiger partial charge in [0.05, 0.1) is 16.6 Å². The number of amides is 1. The second-order valence-electron chi connectivity index (χ2n) is 2.98. The molecule has 1 aromatic carbocycles. The van der Waals surface area contributed by atoms with Gasteiger partial charge >= 0.3 is 5.97 Å². The van der Waals surface area contributed by atoms with Gasteiger partial charge in [0.1, 0.15) is 0 Å². The average Bonchev–Trinajstić information content (AvgIpc) is 2.30. The Kier molecular flexibility index (Phi) is 5.24. The number of ether oxygens (including phenoxy) is 1. The number of carbonyl (C=O) groups excluding carboxylic acids is 2. The first-order valence-corrected chi connectivity index (χ1v) is 6.33. The molecule has 1 aromatic rings. The van der Waals surface area contributed by atoms with Gasteiger partial charge in [-0.25, -0.2) is 4.79 Å². The molecule has 0 aromatic heterocycles. The molecule has 0 saturated carbocycles. The molecule has 5 heteroatoms. The zero-order valence-electron chi connectivity index (χ0n) is 8.83. The van der Waals surface area contributed by atoms with Crippen molar-refractivity contribution in [2.24, 2.45) is 0 Å². The maximum absolute atomic E-state index is 11.3. The lowest BCUT2D eigenvalue weighted by atomic mass is 10.2. The second kappa shape index (κ2) is 6.47. The van der Waals surface area contributed by atoms with Crippen molar-refractivity contribution in [3.63, 3.8) is 0 Å². The van der Waals surface area contributed by atoms with E-state index in [-0.39, 0.29) is 11.9 Å². The molecule has 86 valence electrons. The van der Waals surface area contributed by atoms with Crippen LogP contribution in [0.4, 0.5) is 5.69 Å². The van der Waals surface area contributed by atoms with Gasteiger partial charge in [0.15, 0.2) is 0 Å². The summed E-state index contributed by atoms with van der Waals surface area (Å²) in [7, 11) is 0. The van der Waals surface area contributed by atoms with E-state index >= 15 is 0 Å². The summed E-state index contributed by atoms with van der Waals surface area (Å²) in [6.45, 7) is 2.11. The van der Waals surface area contributed by atoms with Gasteiger partial charge in [0, 0.05) is 5.69 Å². The van der Waals surface area contributed by atoms with Crippen LogP contribution in [0.1, 0.15) is 17.3 Å². The van der Waals surface area contributed by atoms with Gasteiger partial charge in [-0.3, -0.25) is 4.79 Å². The van der Waals surface area contributed by atoms with Crippen LogP contribution < -0.4 is 5.32 Å². The van der Waals surface area contributed by atoms with Crippen molar-refractivity contribution >= 4 is 40.2 Å². The molecular weight excluding hydrogens is 321 g/mol. The van der Waals surface area contributed by atoms with E-state index in [0.717, 1.165) is 0 Å². The van der Waals surface area contributed by atoms with Gasteiger partial charge < -0.3 is 10.1 Å². The lowest BCUT2D eigenvalue weighted by Crippen LogP contribution is -2.12. The number of nitrogens with one attached hydrogen (secondary N) is 1. The van der Waals surface area contributed by atoms with Crippen molar-refractivity contribution < 1.29 is 14.3 Å². The Morgan fingerprint density at radius 2 is 1.94 bits per heavy atom. The van der Waals surface area contributed by atoms with Crippen molar-refractivity contribution in [3.05, 3.63) is 29.8 Å². The van der Waals surface area contributed by atoms with Crippen LogP contribution in [-0.2, 0) is 9.53 Å². The highest BCUT2D eigenvalue weighted by atomic mass is 127. The average molecular weight is 333 g/mol. The number of hydrogen-bond donors (Lipinski definition) is 1. The monoisotopic (exact) mass is 333 g/mol. The number of benzene rings is 1. The van der Waals surface area contributed by atoms with Crippen LogP contribution in [0.5, 0.6) is 0 Å². The summed E-state index contributed by atoms with van der Waals surface area (Å²) in [5.41, 5.74) is 1.16. The molecule has 1 N–H and O–H groups in total. The van der Waals surface area contributed by atoms with Crippen LogP contribution in [0.25, 0.3) is 0 Å². The fourth-order valence-corrected chi connectivity index (χ4v) is 1.29. The van der Waals surface area contributed by atoms with Gasteiger partial charge in [-0.05, 0) is 31.2 Å². The molecule has 1 amide bonds. The molecule has 0 unspecified atom stereocenters. The predicted octanol–water partition coefficient (Wildman–Crippen LogP) is 2.24. The minimum Gasteiger partial charge on any atom is -0.462 e. The molecule has 0 saturated heterocycles. The van der Waals surface area contributed by atoms with E-state index in [4.69, 9.17) is 4.74 Å². The van der Waals surface area contributed by atoms with Crippen LogP contribution in [0.15, 0.2) is 24.3 Å². The van der Waals surface area contributed by atoms with Crippen LogP contribution in [-0.4, -0.2) is 22.9 Å². The number of alkyl halides is 1. The van der Waals surface area contributed by atoms with E-state index in [1.807, 2.05) is 22.6 Å². The van der Waals surface area contributed by atoms with Gasteiger partial charge in [0.2, 0.25) is 5.91 Å². The predicted molar refractivity (Wildman–Crippen MR) is 69.9 cm³/mol. The van der Waals surface area contributed by atoms with Crippen molar-refractivity contribution in [2.45, 2.75) is 6.92 Å². The van der Waals surface area contributed by atoms with Crippen molar-refractivity contribution in [2.75, 3.05) is 16.4 Å². The number of rotatable bonds is 4. The molecule has 4 nitrogen and oxygen atoms in total. The quantitative estimate of drug-likeness (QED) is 0.522. The van der Waals surface area contributed by atoms with Gasteiger partial charge in [-0.15, -0.1) is 0 Å². The molecule has 0 atom stereocenters. The molecule has 0 heterocycles. The van der Waals surface area contributed by atoms with Gasteiger partial charge in [-0.2, -0.15) is 0 Å². The Balaban J connectivity index is 2.67. The zero-order valence-corrected chi connectivity index (χ0v) is 11.0. The summed E-state index contributed by atoms with van der Waals surface area (Å²) in [5, 5.41) is 2.69. The minimum atomic E-state index is -0.353. The standard InChI is InChI=1S/C11H12INO3/c1-2-16-11(15)8-3-5-9(6-4-8)13-10(14)7-12/h3-6H,2,7H2,1H3,(H,13,14). The first-order valence-electron chi connectivity index (χ1n) is 4.80. The molecule has 1 rings (SSSR count). The van der Waals surface area contributed by atoms with E-state index in [9.17, 15) is 9.59 Å². The van der Waals surface area contributed by atoms with E-state index in [2.05, 4.69) is 5.32 Å². The fourth-order valence-electron chi connectivity index (χ4n) is 1.10. The lowest BCUT2D eigenvalue weighted by Gasteiger charge is -2.04. The Morgan fingerprint density at radius 3 is 2.44 bits per heavy atom. The van der Waals surface area contributed by atoms with Crippen LogP contribution in [0, 0.1) is 0 Å². The number of esters is 1. The van der Waals surface area contributed by atoms with Crippen LogP contribution in [0.3, 0.4) is 0 Å². The van der Waals surface area contributed by atoms with Crippen molar-refractivity contribution in [1.29, 1.82) is 0 Å². The van der Waals surface area contributed by atoms with Crippen molar-refractivity contribution in [1.82, 2.24) is 0 Å². The number of anilines is 1. The summed E-state index contributed by atoms with van der Waals surface area (Å²) in [6, 6.07) is 6.61. The van der Waals surface area contributed by atoms with Gasteiger partial charge in [-0.1, -0.05) is 22.6 Å². The Morgan fingerprint density at radius 1 is 1.31 bits per heavy atom. The van der Waals surface area contributed by atoms with Crippen LogP contribution in [0.2, 0.25) is 0 Å². The summed E-state index contributed by atoms with van der Waals surface area (Å²) in [5.74, 6) is -0.418. The lowest BCUT2D eigenvalue weighted by molar-refractivity contribution is -0.113. The van der Waals surface area contributed by atoms with E-state index in [0.29, 0.717) is 22.3 Å². The molecular formula is C11H12INO3. The maximum Gasteiger partial charge on any atom is 0.338 e. The molecule has 0 aliphatic rings. The zero-order chi connectivity index (χ0) is 12.0. The van der Waals surface area contributed by atoms with E-state index in [1.165, 1.54) is 0 Å². The largest absolute Gasteiger partial charge is 0.462 e. The number of halogens is 1. The molecule has 16 heavy (non-hydrogen) atoms. The Labute approximate surface area is 108 Å². The Bertz CT molecular complexity index is 375. The number of hydrogen-bond acceptors (Lipinski definition) is 3.